The largest absolute Gasteiger partial charge is 0.468 e. The third kappa shape index (κ3) is 6.22. The molecule has 0 aliphatic carbocycles. The van der Waals surface area contributed by atoms with Gasteiger partial charge in [-0.05, 0) is 44.9 Å². The van der Waals surface area contributed by atoms with Crippen LogP contribution in [-0.4, -0.2) is 35.8 Å². The Balaban J connectivity index is 2.68. The number of ether oxygens (including phenoxy) is 2. The molecule has 1 heterocycles. The fourth-order valence-corrected chi connectivity index (χ4v) is 1.57. The molecule has 1 rings (SSSR count). The van der Waals surface area contributed by atoms with Gasteiger partial charge in [0.15, 0.2) is 0 Å². The minimum atomic E-state index is -0.758. The number of esters is 1. The maximum atomic E-state index is 11.6. The second-order valence-corrected chi connectivity index (χ2v) is 5.51. The van der Waals surface area contributed by atoms with Gasteiger partial charge >= 0.3 is 12.1 Å². The molecule has 1 aromatic heterocycles. The normalized spacial score (nSPS) is 12.4. The Labute approximate surface area is 123 Å². The number of nitrogens with one attached hydrogen (secondary N) is 1. The minimum absolute atomic E-state index is 0.290. The Hall–Kier alpha value is -2.15. The van der Waals surface area contributed by atoms with E-state index >= 15 is 0 Å². The van der Waals surface area contributed by atoms with Crippen molar-refractivity contribution in [2.45, 2.75) is 38.8 Å². The molecule has 0 bridgehead atoms. The summed E-state index contributed by atoms with van der Waals surface area (Å²) in [7, 11) is 1.28. The highest BCUT2D eigenvalue weighted by molar-refractivity contribution is 5.83. The Morgan fingerprint density at radius 2 is 2.10 bits per heavy atom. The number of anilines is 1. The van der Waals surface area contributed by atoms with E-state index in [0.717, 1.165) is 5.56 Å². The van der Waals surface area contributed by atoms with Crippen LogP contribution in [0.15, 0.2) is 18.3 Å². The van der Waals surface area contributed by atoms with Gasteiger partial charge in [0.1, 0.15) is 17.5 Å². The van der Waals surface area contributed by atoms with Crippen molar-refractivity contribution in [3.05, 3.63) is 23.9 Å². The number of rotatable bonds is 4. The first-order chi connectivity index (χ1) is 9.71. The third-order valence-electron chi connectivity index (χ3n) is 2.41. The zero-order valence-corrected chi connectivity index (χ0v) is 12.7. The van der Waals surface area contributed by atoms with E-state index in [1.807, 2.05) is 0 Å². The van der Waals surface area contributed by atoms with E-state index in [-0.39, 0.29) is 6.42 Å². The van der Waals surface area contributed by atoms with Gasteiger partial charge in [-0.1, -0.05) is 0 Å². The van der Waals surface area contributed by atoms with Gasteiger partial charge in [0.2, 0.25) is 0 Å². The van der Waals surface area contributed by atoms with Gasteiger partial charge in [-0.25, -0.2) is 9.78 Å². The molecule has 1 atom stereocenters. The summed E-state index contributed by atoms with van der Waals surface area (Å²) < 4.78 is 9.69. The summed E-state index contributed by atoms with van der Waals surface area (Å²) in [5.74, 6) is -0.160. The summed E-state index contributed by atoms with van der Waals surface area (Å²) >= 11 is 0. The molecule has 1 amide bonds. The molecular weight excluding hydrogens is 274 g/mol. The first-order valence-electron chi connectivity index (χ1n) is 6.49. The predicted octanol–water partition coefficient (Wildman–Crippen LogP) is 1.47. The second-order valence-electron chi connectivity index (χ2n) is 5.51. The van der Waals surface area contributed by atoms with Crippen molar-refractivity contribution in [3.8, 4) is 0 Å². The van der Waals surface area contributed by atoms with Crippen molar-refractivity contribution >= 4 is 17.9 Å². The number of methoxy groups -OCH3 is 1. The highest BCUT2D eigenvalue weighted by Crippen LogP contribution is 2.12. The maximum Gasteiger partial charge on any atom is 0.413 e. The number of carbonyl (C=O) groups is 2. The first kappa shape index (κ1) is 16.9. The van der Waals surface area contributed by atoms with Crippen LogP contribution in [0.5, 0.6) is 0 Å². The van der Waals surface area contributed by atoms with E-state index in [9.17, 15) is 9.59 Å². The van der Waals surface area contributed by atoms with E-state index in [1.54, 1.807) is 32.9 Å². The number of aromatic nitrogens is 1. The van der Waals surface area contributed by atoms with Crippen molar-refractivity contribution in [3.63, 3.8) is 0 Å². The summed E-state index contributed by atoms with van der Waals surface area (Å²) in [5.41, 5.74) is 5.86. The molecule has 116 valence electrons. The molecule has 21 heavy (non-hydrogen) atoms. The monoisotopic (exact) mass is 295 g/mol. The average Bonchev–Trinajstić information content (AvgIpc) is 2.35. The van der Waals surface area contributed by atoms with E-state index < -0.39 is 23.7 Å². The number of hydrogen-bond donors (Lipinski definition) is 2. The Morgan fingerprint density at radius 3 is 2.67 bits per heavy atom. The molecule has 0 aromatic carbocycles. The maximum absolute atomic E-state index is 11.6. The minimum Gasteiger partial charge on any atom is -0.468 e. The molecule has 0 aliphatic rings. The molecule has 7 nitrogen and oxygen atoms in total. The van der Waals surface area contributed by atoms with Crippen LogP contribution in [0.25, 0.3) is 0 Å². The van der Waals surface area contributed by atoms with Crippen LogP contribution >= 0.6 is 0 Å². The number of carbonyl (C=O) groups excluding carboxylic acids is 2. The van der Waals surface area contributed by atoms with Gasteiger partial charge in [0, 0.05) is 6.20 Å². The van der Waals surface area contributed by atoms with Crippen LogP contribution < -0.4 is 11.1 Å². The van der Waals surface area contributed by atoms with Gasteiger partial charge in [-0.3, -0.25) is 10.1 Å². The van der Waals surface area contributed by atoms with E-state index in [1.165, 1.54) is 13.3 Å². The summed E-state index contributed by atoms with van der Waals surface area (Å²) in [4.78, 5) is 26.9. The Morgan fingerprint density at radius 1 is 1.43 bits per heavy atom. The summed E-state index contributed by atoms with van der Waals surface area (Å²) in [5, 5.41) is 2.53. The third-order valence-corrected chi connectivity index (χ3v) is 2.41. The van der Waals surface area contributed by atoms with E-state index in [0.29, 0.717) is 5.82 Å². The van der Waals surface area contributed by atoms with Crippen LogP contribution in [0.1, 0.15) is 26.3 Å². The van der Waals surface area contributed by atoms with E-state index in [2.05, 4.69) is 15.0 Å². The fraction of sp³-hybridized carbons (Fsp3) is 0.500. The van der Waals surface area contributed by atoms with Crippen molar-refractivity contribution in [1.29, 1.82) is 0 Å². The van der Waals surface area contributed by atoms with Crippen LogP contribution in [0.3, 0.4) is 0 Å². The van der Waals surface area contributed by atoms with Crippen molar-refractivity contribution in [2.24, 2.45) is 5.73 Å². The Bertz CT molecular complexity index is 511. The zero-order valence-electron chi connectivity index (χ0n) is 12.7. The molecular formula is C14H21N3O4. The summed E-state index contributed by atoms with van der Waals surface area (Å²) in [6, 6.07) is 2.59. The van der Waals surface area contributed by atoms with Crippen molar-refractivity contribution < 1.29 is 19.1 Å². The molecule has 1 aromatic rings. The van der Waals surface area contributed by atoms with Gasteiger partial charge in [-0.2, -0.15) is 0 Å². The molecule has 1 unspecified atom stereocenters. The molecule has 0 radical (unpaired) electrons. The predicted molar refractivity (Wildman–Crippen MR) is 77.8 cm³/mol. The Kier molecular flexibility index (Phi) is 5.66. The standard InChI is InChI=1S/C14H21N3O4/c1-14(2,3)21-13(19)17-11-8-9(5-6-16-11)7-10(15)12(18)20-4/h5-6,8,10H,7,15H2,1-4H3,(H,16,17,19). The molecule has 0 fully saturated rings. The lowest BCUT2D eigenvalue weighted by Gasteiger charge is -2.19. The summed E-state index contributed by atoms with van der Waals surface area (Å²) in [6.07, 6.45) is 1.22. The van der Waals surface area contributed by atoms with Crippen molar-refractivity contribution in [2.75, 3.05) is 12.4 Å². The quantitative estimate of drug-likeness (QED) is 0.815. The lowest BCUT2D eigenvalue weighted by atomic mass is 10.1. The lowest BCUT2D eigenvalue weighted by molar-refractivity contribution is -0.142. The first-order valence-corrected chi connectivity index (χ1v) is 6.49. The van der Waals surface area contributed by atoms with Crippen molar-refractivity contribution in [1.82, 2.24) is 4.98 Å². The zero-order chi connectivity index (χ0) is 16.0. The van der Waals surface area contributed by atoms with Gasteiger partial charge < -0.3 is 15.2 Å². The number of hydrogen-bond acceptors (Lipinski definition) is 6. The number of amides is 1. The molecule has 0 saturated carbocycles. The van der Waals surface area contributed by atoms with Crippen LogP contribution in [0.2, 0.25) is 0 Å². The highest BCUT2D eigenvalue weighted by atomic mass is 16.6. The SMILES string of the molecule is COC(=O)C(N)Cc1ccnc(NC(=O)OC(C)(C)C)c1. The lowest BCUT2D eigenvalue weighted by Crippen LogP contribution is -2.33. The second kappa shape index (κ2) is 7.03. The fourth-order valence-electron chi connectivity index (χ4n) is 1.57. The number of nitrogens with two attached hydrogens (primary N) is 1. The van der Waals surface area contributed by atoms with Gasteiger partial charge in [0.25, 0.3) is 0 Å². The number of pyridine rings is 1. The van der Waals surface area contributed by atoms with Crippen LogP contribution in [0.4, 0.5) is 10.6 Å². The molecule has 3 N–H and O–H groups in total. The number of nitrogens with zero attached hydrogens (tertiary/aromatic N) is 1. The van der Waals surface area contributed by atoms with Gasteiger partial charge in [0.05, 0.1) is 7.11 Å². The van der Waals surface area contributed by atoms with Crippen LogP contribution in [0, 0.1) is 0 Å². The highest BCUT2D eigenvalue weighted by Gasteiger charge is 2.17. The average molecular weight is 295 g/mol. The molecule has 0 spiro atoms. The van der Waals surface area contributed by atoms with Gasteiger partial charge in [-0.15, -0.1) is 0 Å². The topological polar surface area (TPSA) is 104 Å². The smallest absolute Gasteiger partial charge is 0.413 e. The molecule has 7 heteroatoms. The van der Waals surface area contributed by atoms with Crippen LogP contribution in [-0.2, 0) is 20.7 Å². The van der Waals surface area contributed by atoms with E-state index in [4.69, 9.17) is 10.5 Å². The molecule has 0 aliphatic heterocycles. The molecule has 0 saturated heterocycles. The summed E-state index contributed by atoms with van der Waals surface area (Å²) in [6.45, 7) is 5.31.